The Labute approximate surface area is 150 Å². The fraction of sp³-hybridized carbons (Fsp3) is 0.143. The van der Waals surface area contributed by atoms with Crippen molar-refractivity contribution in [3.8, 4) is 11.3 Å². The summed E-state index contributed by atoms with van der Waals surface area (Å²) < 4.78 is 9.11. The van der Waals surface area contributed by atoms with Crippen molar-refractivity contribution in [2.45, 2.75) is 9.24 Å². The minimum absolute atomic E-state index is 0.129. The molecule has 0 bridgehead atoms. The molecule has 0 fully saturated rings. The van der Waals surface area contributed by atoms with E-state index in [9.17, 15) is 4.79 Å². The first kappa shape index (κ1) is 16.4. The highest BCUT2D eigenvalue weighted by Gasteiger charge is 2.20. The van der Waals surface area contributed by atoms with E-state index in [2.05, 4.69) is 19.3 Å². The number of hydrogen-bond donors (Lipinski definition) is 1. The van der Waals surface area contributed by atoms with E-state index < -0.39 is 0 Å². The van der Waals surface area contributed by atoms with Crippen LogP contribution in [-0.4, -0.2) is 32.4 Å². The Balaban J connectivity index is 1.79. The summed E-state index contributed by atoms with van der Waals surface area (Å²) in [7, 11) is 0. The minimum Gasteiger partial charge on any atom is -0.322 e. The number of carbonyl (C=O) groups excluding carboxylic acids is 1. The van der Waals surface area contributed by atoms with Gasteiger partial charge in [-0.2, -0.15) is 4.37 Å². The Morgan fingerprint density at radius 3 is 2.57 bits per heavy atom. The number of anilines is 1. The smallest absolute Gasteiger partial charge is 0.260 e. The van der Waals surface area contributed by atoms with Crippen molar-refractivity contribution < 1.29 is 4.79 Å². The average molecular weight is 381 g/mol. The topological polar surface area (TPSA) is 67.8 Å². The molecule has 23 heavy (non-hydrogen) atoms. The van der Waals surface area contributed by atoms with Gasteiger partial charge in [-0.3, -0.25) is 4.79 Å². The van der Waals surface area contributed by atoms with E-state index in [-0.39, 0.29) is 5.91 Å². The summed E-state index contributed by atoms with van der Waals surface area (Å²) in [5.74, 6) is -0.129. The van der Waals surface area contributed by atoms with Crippen LogP contribution in [0.1, 0.15) is 10.4 Å². The normalized spacial score (nSPS) is 10.7. The standard InChI is InChI=1S/C14H12N4OS4/c1-20-13-11(14(21-2)23-17-13)12(19)15-9-5-3-8(4-6-9)10-7-22-18-16-10/h3-7H,1-2H3,(H,15,19). The number of amides is 1. The maximum atomic E-state index is 12.6. The number of nitrogens with zero attached hydrogens (tertiary/aromatic N) is 3. The fourth-order valence-corrected chi connectivity index (χ4v) is 4.68. The van der Waals surface area contributed by atoms with E-state index in [0.717, 1.165) is 26.2 Å². The van der Waals surface area contributed by atoms with Gasteiger partial charge in [-0.15, -0.1) is 28.6 Å². The molecule has 9 heteroatoms. The van der Waals surface area contributed by atoms with Crippen molar-refractivity contribution in [2.75, 3.05) is 17.8 Å². The Morgan fingerprint density at radius 1 is 1.17 bits per heavy atom. The molecular weight excluding hydrogens is 368 g/mol. The van der Waals surface area contributed by atoms with Gasteiger partial charge in [0.05, 0.1) is 9.77 Å². The van der Waals surface area contributed by atoms with Crippen LogP contribution in [0.25, 0.3) is 11.3 Å². The number of benzene rings is 1. The second-order valence-corrected chi connectivity index (χ2v) is 7.63. The molecule has 0 atom stereocenters. The SMILES string of the molecule is CSc1nsc(SC)c1C(=O)Nc1ccc(-c2csnn2)cc1. The van der Waals surface area contributed by atoms with Crippen LogP contribution in [0.5, 0.6) is 0 Å². The predicted molar refractivity (Wildman–Crippen MR) is 99.0 cm³/mol. The molecule has 0 aliphatic heterocycles. The molecule has 3 aromatic rings. The molecule has 118 valence electrons. The first-order valence-electron chi connectivity index (χ1n) is 6.49. The molecule has 1 N–H and O–H groups in total. The molecule has 1 amide bonds. The van der Waals surface area contributed by atoms with Crippen molar-refractivity contribution in [1.82, 2.24) is 14.0 Å². The molecule has 0 radical (unpaired) electrons. The zero-order valence-electron chi connectivity index (χ0n) is 12.3. The molecule has 2 aromatic heterocycles. The Kier molecular flexibility index (Phi) is 5.31. The molecule has 0 saturated carbocycles. The minimum atomic E-state index is -0.129. The Bertz CT molecular complexity index is 777. The number of carbonyl (C=O) groups is 1. The third-order valence-electron chi connectivity index (χ3n) is 3.03. The number of nitrogens with one attached hydrogen (secondary N) is 1. The van der Waals surface area contributed by atoms with Crippen LogP contribution >= 0.6 is 46.6 Å². The lowest BCUT2D eigenvalue weighted by molar-refractivity contribution is 0.102. The van der Waals surface area contributed by atoms with Crippen molar-refractivity contribution in [2.24, 2.45) is 0 Å². The largest absolute Gasteiger partial charge is 0.322 e. The molecule has 3 rings (SSSR count). The van der Waals surface area contributed by atoms with Crippen LogP contribution in [0.2, 0.25) is 0 Å². The monoisotopic (exact) mass is 380 g/mol. The first-order valence-corrected chi connectivity index (χ1v) is 10.6. The summed E-state index contributed by atoms with van der Waals surface area (Å²) in [6, 6.07) is 7.57. The molecule has 0 spiro atoms. The van der Waals surface area contributed by atoms with Gasteiger partial charge in [-0.1, -0.05) is 16.6 Å². The molecule has 1 aromatic carbocycles. The highest BCUT2D eigenvalue weighted by Crippen LogP contribution is 2.33. The third kappa shape index (κ3) is 3.57. The number of hydrogen-bond acceptors (Lipinski definition) is 8. The summed E-state index contributed by atoms with van der Waals surface area (Å²) in [4.78, 5) is 12.6. The Morgan fingerprint density at radius 2 is 1.96 bits per heavy atom. The van der Waals surface area contributed by atoms with Gasteiger partial charge in [0.15, 0.2) is 0 Å². The highest BCUT2D eigenvalue weighted by atomic mass is 32.2. The molecule has 0 saturated heterocycles. The van der Waals surface area contributed by atoms with E-state index >= 15 is 0 Å². The van der Waals surface area contributed by atoms with Gasteiger partial charge in [0.1, 0.15) is 10.7 Å². The van der Waals surface area contributed by atoms with Crippen LogP contribution in [0, 0.1) is 0 Å². The molecular formula is C14H12N4OS4. The average Bonchev–Trinajstić information content (AvgIpc) is 3.24. The van der Waals surface area contributed by atoms with Crippen LogP contribution in [0.15, 0.2) is 38.9 Å². The summed E-state index contributed by atoms with van der Waals surface area (Å²) in [5.41, 5.74) is 3.21. The van der Waals surface area contributed by atoms with Gasteiger partial charge in [-0.25, -0.2) is 0 Å². The summed E-state index contributed by atoms with van der Waals surface area (Å²) >= 11 is 5.69. The molecule has 0 unspecified atom stereocenters. The van der Waals surface area contributed by atoms with Crippen molar-refractivity contribution >= 4 is 58.2 Å². The maximum absolute atomic E-state index is 12.6. The van der Waals surface area contributed by atoms with Crippen LogP contribution in [0.4, 0.5) is 5.69 Å². The van der Waals surface area contributed by atoms with E-state index in [0.29, 0.717) is 5.56 Å². The first-order chi connectivity index (χ1) is 11.2. The van der Waals surface area contributed by atoms with Gasteiger partial charge in [0.2, 0.25) is 0 Å². The zero-order chi connectivity index (χ0) is 16.2. The van der Waals surface area contributed by atoms with Crippen molar-refractivity contribution in [3.63, 3.8) is 0 Å². The van der Waals surface area contributed by atoms with E-state index in [1.165, 1.54) is 46.6 Å². The number of rotatable bonds is 5. The summed E-state index contributed by atoms with van der Waals surface area (Å²) in [6.07, 6.45) is 3.87. The van der Waals surface area contributed by atoms with Crippen molar-refractivity contribution in [3.05, 3.63) is 35.2 Å². The van der Waals surface area contributed by atoms with Crippen LogP contribution < -0.4 is 5.32 Å². The fourth-order valence-electron chi connectivity index (χ4n) is 1.94. The number of aromatic nitrogens is 3. The lowest BCUT2D eigenvalue weighted by Gasteiger charge is -2.07. The molecule has 0 aliphatic rings. The molecule has 5 nitrogen and oxygen atoms in total. The van der Waals surface area contributed by atoms with E-state index in [4.69, 9.17) is 0 Å². The quantitative estimate of drug-likeness (QED) is 0.664. The second-order valence-electron chi connectivity index (χ2n) is 4.38. The highest BCUT2D eigenvalue weighted by molar-refractivity contribution is 8.01. The molecule has 2 heterocycles. The lowest BCUT2D eigenvalue weighted by atomic mass is 10.1. The Hall–Kier alpha value is -1.42. The second kappa shape index (κ2) is 7.43. The van der Waals surface area contributed by atoms with Gasteiger partial charge in [-0.05, 0) is 47.7 Å². The zero-order valence-corrected chi connectivity index (χ0v) is 15.5. The summed E-state index contributed by atoms with van der Waals surface area (Å²) in [5, 5.41) is 9.62. The van der Waals surface area contributed by atoms with Crippen molar-refractivity contribution in [1.29, 1.82) is 0 Å². The predicted octanol–water partition coefficient (Wildman–Crippen LogP) is 4.36. The van der Waals surface area contributed by atoms with Crippen LogP contribution in [-0.2, 0) is 0 Å². The lowest BCUT2D eigenvalue weighted by Crippen LogP contribution is -2.12. The number of thioether (sulfide) groups is 2. The van der Waals surface area contributed by atoms with E-state index in [1.807, 2.05) is 42.2 Å². The van der Waals surface area contributed by atoms with Crippen LogP contribution in [0.3, 0.4) is 0 Å². The van der Waals surface area contributed by atoms with Gasteiger partial charge >= 0.3 is 0 Å². The van der Waals surface area contributed by atoms with Gasteiger partial charge in [0, 0.05) is 16.6 Å². The van der Waals surface area contributed by atoms with Gasteiger partial charge < -0.3 is 5.32 Å². The molecule has 0 aliphatic carbocycles. The summed E-state index contributed by atoms with van der Waals surface area (Å²) in [6.45, 7) is 0. The third-order valence-corrected chi connectivity index (χ3v) is 6.28. The van der Waals surface area contributed by atoms with E-state index in [1.54, 1.807) is 0 Å². The van der Waals surface area contributed by atoms with Gasteiger partial charge in [0.25, 0.3) is 5.91 Å². The maximum Gasteiger partial charge on any atom is 0.260 e.